The van der Waals surface area contributed by atoms with Gasteiger partial charge in [-0.05, 0) is 60.9 Å². The fourth-order valence-electron chi connectivity index (χ4n) is 5.28. The molecule has 6 nitrogen and oxygen atoms in total. The predicted molar refractivity (Wildman–Crippen MR) is 125 cm³/mol. The quantitative estimate of drug-likeness (QED) is 0.516. The number of allylic oxidation sites excluding steroid dienone is 1. The Morgan fingerprint density at radius 3 is 2.21 bits per heavy atom. The summed E-state index contributed by atoms with van der Waals surface area (Å²) >= 11 is 0. The molecular formula is C27H29ClN2O4. The van der Waals surface area contributed by atoms with E-state index in [1.165, 1.54) is 51.0 Å². The van der Waals surface area contributed by atoms with E-state index in [-0.39, 0.29) is 5.41 Å². The Balaban J connectivity index is 0.000000499. The van der Waals surface area contributed by atoms with Crippen LogP contribution >= 0.6 is 0 Å². The average molecular weight is 481 g/mol. The average Bonchev–Trinajstić information content (AvgIpc) is 3.01. The van der Waals surface area contributed by atoms with E-state index in [9.17, 15) is 0 Å². The lowest BCUT2D eigenvalue weighted by molar-refractivity contribution is -2.00. The number of rotatable bonds is 2. The van der Waals surface area contributed by atoms with Crippen molar-refractivity contribution in [2.45, 2.75) is 32.1 Å². The summed E-state index contributed by atoms with van der Waals surface area (Å²) < 4.78 is 36.6. The van der Waals surface area contributed by atoms with Crippen molar-refractivity contribution in [3.8, 4) is 0 Å². The van der Waals surface area contributed by atoms with Gasteiger partial charge in [-0.3, -0.25) is 0 Å². The van der Waals surface area contributed by atoms with Gasteiger partial charge in [0.25, 0.3) is 0 Å². The van der Waals surface area contributed by atoms with Crippen molar-refractivity contribution in [2.75, 3.05) is 25.5 Å². The van der Waals surface area contributed by atoms with Gasteiger partial charge in [-0.15, -0.1) is 10.2 Å². The molecule has 5 rings (SSSR count). The van der Waals surface area contributed by atoms with Crippen LogP contribution in [0, 0.1) is 10.2 Å². The van der Waals surface area contributed by atoms with Crippen LogP contribution in [0.4, 0.5) is 11.4 Å². The molecule has 2 aliphatic heterocycles. The molecule has 7 heteroatoms. The number of halogens is 1. The molecule has 0 aliphatic carbocycles. The number of benzene rings is 3. The molecule has 0 atom stereocenters. The molecule has 2 aliphatic rings. The van der Waals surface area contributed by atoms with E-state index in [1.807, 2.05) is 0 Å². The third-order valence-corrected chi connectivity index (χ3v) is 6.57. The molecule has 0 aromatic heterocycles. The summed E-state index contributed by atoms with van der Waals surface area (Å²) in [5.74, 6) is 0. The summed E-state index contributed by atoms with van der Waals surface area (Å²) in [5.41, 5.74) is 8.40. The van der Waals surface area contributed by atoms with Gasteiger partial charge in [-0.1, -0.05) is 36.4 Å². The molecule has 0 amide bonds. The van der Waals surface area contributed by atoms with Crippen LogP contribution in [0.1, 0.15) is 37.8 Å². The second-order valence-electron chi connectivity index (χ2n) is 9.44. The van der Waals surface area contributed by atoms with Crippen molar-refractivity contribution in [1.82, 2.24) is 0 Å². The summed E-state index contributed by atoms with van der Waals surface area (Å²) in [5, 5.41) is 2.73. The monoisotopic (exact) mass is 480 g/mol. The molecule has 0 saturated heterocycles. The van der Waals surface area contributed by atoms with Crippen LogP contribution in [-0.2, 0) is 5.41 Å². The first-order valence-corrected chi connectivity index (χ1v) is 12.5. The van der Waals surface area contributed by atoms with Crippen LogP contribution in [0.5, 0.6) is 0 Å². The van der Waals surface area contributed by atoms with Crippen molar-refractivity contribution >= 4 is 33.9 Å². The van der Waals surface area contributed by atoms with Crippen LogP contribution in [-0.4, -0.2) is 30.9 Å². The zero-order chi connectivity index (χ0) is 24.7. The lowest BCUT2D eigenvalue weighted by atomic mass is 9.75. The summed E-state index contributed by atoms with van der Waals surface area (Å²) in [6.45, 7) is 5.92. The number of hydrogen-bond acceptors (Lipinski definition) is 5. The van der Waals surface area contributed by atoms with E-state index >= 15 is 0 Å². The highest BCUT2D eigenvalue weighted by Gasteiger charge is 2.49. The molecule has 3 aromatic carbocycles. The highest BCUT2D eigenvalue weighted by atomic mass is 35.7. The third kappa shape index (κ3) is 4.87. The van der Waals surface area contributed by atoms with E-state index in [0.29, 0.717) is 0 Å². The van der Waals surface area contributed by atoms with Crippen LogP contribution < -0.4 is 23.5 Å². The first-order valence-electron chi connectivity index (χ1n) is 11.2. The summed E-state index contributed by atoms with van der Waals surface area (Å²) in [6.07, 6.45) is 4.76. The zero-order valence-electron chi connectivity index (χ0n) is 19.9. The maximum atomic E-state index is 8.49. The van der Waals surface area contributed by atoms with Crippen molar-refractivity contribution < 1.29 is 33.5 Å². The van der Waals surface area contributed by atoms with Gasteiger partial charge in [0.15, 0.2) is 5.71 Å². The molecule has 0 saturated carbocycles. The highest BCUT2D eigenvalue weighted by molar-refractivity contribution is 6.12. The summed E-state index contributed by atoms with van der Waals surface area (Å²) in [4.78, 5) is 2.15. The minimum absolute atomic E-state index is 0.00598. The number of nitrogens with zero attached hydrogens (tertiary/aromatic N) is 2. The van der Waals surface area contributed by atoms with Crippen LogP contribution in [0.3, 0.4) is 0 Å². The Morgan fingerprint density at radius 2 is 1.56 bits per heavy atom. The minimum atomic E-state index is -4.94. The molecule has 2 heterocycles. The van der Waals surface area contributed by atoms with Crippen LogP contribution in [0.25, 0.3) is 16.8 Å². The Hall–Kier alpha value is -2.74. The van der Waals surface area contributed by atoms with E-state index in [1.54, 1.807) is 0 Å². The molecule has 0 fully saturated rings. The Morgan fingerprint density at radius 1 is 0.912 bits per heavy atom. The molecular weight excluding hydrogens is 452 g/mol. The largest absolute Gasteiger partial charge is 0.378 e. The second kappa shape index (κ2) is 9.13. The number of fused-ring (bicyclic) bond motifs is 4. The van der Waals surface area contributed by atoms with Gasteiger partial charge in [-0.2, -0.15) is 4.58 Å². The molecule has 0 unspecified atom stereocenters. The fraction of sp³-hybridized carbons (Fsp3) is 0.296. The Labute approximate surface area is 202 Å². The van der Waals surface area contributed by atoms with Crippen molar-refractivity contribution in [1.29, 1.82) is 0 Å². The van der Waals surface area contributed by atoms with E-state index in [4.69, 9.17) is 18.6 Å². The molecule has 0 radical (unpaired) electrons. The zero-order valence-corrected chi connectivity index (χ0v) is 20.6. The maximum Gasteiger partial charge on any atom is 0.210 e. The first-order chi connectivity index (χ1) is 16.0. The van der Waals surface area contributed by atoms with Gasteiger partial charge in [-0.25, -0.2) is 18.6 Å². The van der Waals surface area contributed by atoms with Crippen LogP contribution in [0.15, 0.2) is 66.2 Å². The Bertz CT molecular complexity index is 1270. The molecule has 178 valence electrons. The minimum Gasteiger partial charge on any atom is -0.378 e. The topological polar surface area (TPSA) is 98.5 Å². The van der Waals surface area contributed by atoms with Gasteiger partial charge in [0.1, 0.15) is 6.54 Å². The standard InChI is InChI=1S/C27H29N2.ClHO4/c1-27(2)25-23-10-6-5-8-20(23)13-16-24(25)29-17-7-9-21(26(27)29)18-19-11-14-22(15-12-19)28(3)4;2-1(3,4)5/h5-6,8,10-16,18H,7,9,17H2,1-4H3;(H,2,3,4,5)/q+1;/p-1. The van der Waals surface area contributed by atoms with Gasteiger partial charge < -0.3 is 4.90 Å². The molecule has 0 N–H and O–H groups in total. The maximum absolute atomic E-state index is 8.49. The molecule has 3 aromatic rings. The third-order valence-electron chi connectivity index (χ3n) is 6.57. The smallest absolute Gasteiger partial charge is 0.210 e. The van der Waals surface area contributed by atoms with E-state index < -0.39 is 10.2 Å². The van der Waals surface area contributed by atoms with Gasteiger partial charge in [0.05, 0.1) is 5.41 Å². The number of anilines is 1. The van der Waals surface area contributed by atoms with Gasteiger partial charge >= 0.3 is 0 Å². The molecule has 0 spiro atoms. The number of hydrogen-bond donors (Lipinski definition) is 0. The highest BCUT2D eigenvalue weighted by Crippen LogP contribution is 2.47. The molecule has 34 heavy (non-hydrogen) atoms. The molecule has 0 bridgehead atoms. The first kappa shape index (κ1) is 24.4. The van der Waals surface area contributed by atoms with Crippen LogP contribution in [0.2, 0.25) is 0 Å². The summed E-state index contributed by atoms with van der Waals surface area (Å²) in [6, 6.07) is 22.4. The summed E-state index contributed by atoms with van der Waals surface area (Å²) in [7, 11) is -0.768. The second-order valence-corrected chi connectivity index (χ2v) is 10.2. The predicted octanol–water partition coefficient (Wildman–Crippen LogP) is 1.40. The Kier molecular flexibility index (Phi) is 6.55. The van der Waals surface area contributed by atoms with Gasteiger partial charge in [0, 0.05) is 43.4 Å². The SMILES string of the molecule is CN(C)c1ccc(C=C2CCC[N+]3=C2C(C)(C)c2c3ccc3ccccc23)cc1.[O-][Cl+3]([O-])([O-])[O-]. The fourth-order valence-corrected chi connectivity index (χ4v) is 5.28. The van der Waals surface area contributed by atoms with Crippen molar-refractivity contribution in [2.24, 2.45) is 0 Å². The van der Waals surface area contributed by atoms with Crippen molar-refractivity contribution in [3.05, 3.63) is 77.4 Å². The van der Waals surface area contributed by atoms with Gasteiger partial charge in [0.2, 0.25) is 5.69 Å². The van der Waals surface area contributed by atoms with E-state index in [2.05, 4.69) is 104 Å². The lowest BCUT2D eigenvalue weighted by Gasteiger charge is -2.23. The van der Waals surface area contributed by atoms with E-state index in [0.717, 1.165) is 13.0 Å². The van der Waals surface area contributed by atoms with Crippen molar-refractivity contribution in [3.63, 3.8) is 0 Å². The normalized spacial score (nSPS) is 17.8. The lowest BCUT2D eigenvalue weighted by Crippen LogP contribution is -2.68.